The molecule has 1 heterocycles. The van der Waals surface area contributed by atoms with Gasteiger partial charge >= 0.3 is 0 Å². The Kier molecular flexibility index (Phi) is 5.88. The highest BCUT2D eigenvalue weighted by molar-refractivity contribution is 6.31. The fourth-order valence-corrected chi connectivity index (χ4v) is 3.21. The predicted molar refractivity (Wildman–Crippen MR) is 89.1 cm³/mol. The zero-order valence-corrected chi connectivity index (χ0v) is 14.1. The summed E-state index contributed by atoms with van der Waals surface area (Å²) in [5, 5.41) is 0.676. The minimum Gasteiger partial charge on any atom is -0.367 e. The molecule has 0 amide bonds. The first-order chi connectivity index (χ1) is 10.0. The first-order valence-corrected chi connectivity index (χ1v) is 8.37. The molecule has 0 unspecified atom stereocenters. The SMILES string of the molecule is CCCCN1CCN(c2cc(Cl)c(C(C)C)cc2F)CC1. The molecule has 1 aliphatic heterocycles. The van der Waals surface area contributed by atoms with Crippen LogP contribution < -0.4 is 4.90 Å². The van der Waals surface area contributed by atoms with Gasteiger partial charge in [0.05, 0.1) is 5.69 Å². The Labute approximate surface area is 132 Å². The number of rotatable bonds is 5. The van der Waals surface area contributed by atoms with E-state index in [-0.39, 0.29) is 11.7 Å². The zero-order valence-electron chi connectivity index (χ0n) is 13.3. The second-order valence-electron chi connectivity index (χ2n) is 6.16. The monoisotopic (exact) mass is 312 g/mol. The van der Waals surface area contributed by atoms with E-state index in [0.29, 0.717) is 10.7 Å². The average molecular weight is 313 g/mol. The van der Waals surface area contributed by atoms with Gasteiger partial charge in [0, 0.05) is 31.2 Å². The summed E-state index contributed by atoms with van der Waals surface area (Å²) in [5.74, 6) is 0.0945. The largest absolute Gasteiger partial charge is 0.367 e. The first kappa shape index (κ1) is 16.6. The van der Waals surface area contributed by atoms with Crippen molar-refractivity contribution in [2.24, 2.45) is 0 Å². The number of anilines is 1. The van der Waals surface area contributed by atoms with E-state index < -0.39 is 0 Å². The molecule has 2 rings (SSSR count). The van der Waals surface area contributed by atoms with Crippen molar-refractivity contribution in [2.45, 2.75) is 39.5 Å². The molecule has 21 heavy (non-hydrogen) atoms. The van der Waals surface area contributed by atoms with Gasteiger partial charge < -0.3 is 4.90 Å². The normalized spacial score (nSPS) is 16.8. The summed E-state index contributed by atoms with van der Waals surface area (Å²) in [7, 11) is 0. The van der Waals surface area contributed by atoms with E-state index in [4.69, 9.17) is 11.6 Å². The molecule has 118 valence electrons. The maximum atomic E-state index is 14.4. The third kappa shape index (κ3) is 4.10. The van der Waals surface area contributed by atoms with E-state index in [0.717, 1.165) is 38.3 Å². The molecule has 0 saturated carbocycles. The first-order valence-electron chi connectivity index (χ1n) is 7.99. The van der Waals surface area contributed by atoms with Crippen LogP contribution in [0.1, 0.15) is 45.1 Å². The van der Waals surface area contributed by atoms with E-state index in [2.05, 4.69) is 16.7 Å². The van der Waals surface area contributed by atoms with Crippen LogP contribution in [0.2, 0.25) is 5.02 Å². The third-order valence-electron chi connectivity index (χ3n) is 4.23. The number of halogens is 2. The maximum absolute atomic E-state index is 14.4. The molecular formula is C17H26ClFN2. The fraction of sp³-hybridized carbons (Fsp3) is 0.647. The van der Waals surface area contributed by atoms with E-state index in [1.807, 2.05) is 13.8 Å². The summed E-state index contributed by atoms with van der Waals surface area (Å²) in [5.41, 5.74) is 1.54. The van der Waals surface area contributed by atoms with Crippen LogP contribution in [0.4, 0.5) is 10.1 Å². The molecule has 1 aliphatic rings. The number of benzene rings is 1. The highest BCUT2D eigenvalue weighted by atomic mass is 35.5. The minimum absolute atomic E-state index is 0.148. The standard InChI is InChI=1S/C17H26ClFN2/c1-4-5-6-20-7-9-21(10-8-20)17-12-15(18)14(13(2)3)11-16(17)19/h11-13H,4-10H2,1-3H3. The smallest absolute Gasteiger partial charge is 0.146 e. The molecule has 0 radical (unpaired) electrons. The second-order valence-corrected chi connectivity index (χ2v) is 6.57. The Hall–Kier alpha value is -0.800. The van der Waals surface area contributed by atoms with Crippen molar-refractivity contribution in [1.82, 2.24) is 4.90 Å². The summed E-state index contributed by atoms with van der Waals surface area (Å²) in [6.45, 7) is 11.2. The Bertz CT molecular complexity index is 468. The van der Waals surface area contributed by atoms with Crippen LogP contribution in [0.25, 0.3) is 0 Å². The molecular weight excluding hydrogens is 287 g/mol. The van der Waals surface area contributed by atoms with Gasteiger partial charge in [-0.25, -0.2) is 4.39 Å². The highest BCUT2D eigenvalue weighted by Crippen LogP contribution is 2.31. The van der Waals surface area contributed by atoms with Crippen molar-refractivity contribution in [1.29, 1.82) is 0 Å². The summed E-state index contributed by atoms with van der Waals surface area (Å²) < 4.78 is 14.4. The molecule has 1 aromatic rings. The van der Waals surface area contributed by atoms with Gasteiger partial charge in [-0.15, -0.1) is 0 Å². The highest BCUT2D eigenvalue weighted by Gasteiger charge is 2.21. The van der Waals surface area contributed by atoms with Crippen molar-refractivity contribution >= 4 is 17.3 Å². The van der Waals surface area contributed by atoms with Gasteiger partial charge in [0.25, 0.3) is 0 Å². The summed E-state index contributed by atoms with van der Waals surface area (Å²) >= 11 is 6.31. The van der Waals surface area contributed by atoms with E-state index in [1.165, 1.54) is 12.8 Å². The zero-order chi connectivity index (χ0) is 15.4. The molecule has 1 fully saturated rings. The Morgan fingerprint density at radius 2 is 1.86 bits per heavy atom. The molecule has 0 N–H and O–H groups in total. The van der Waals surface area contributed by atoms with Crippen LogP contribution in [0, 0.1) is 5.82 Å². The van der Waals surface area contributed by atoms with Crippen LogP contribution in [-0.4, -0.2) is 37.6 Å². The van der Waals surface area contributed by atoms with E-state index in [1.54, 1.807) is 12.1 Å². The molecule has 0 spiro atoms. The molecule has 4 heteroatoms. The third-order valence-corrected chi connectivity index (χ3v) is 4.56. The Morgan fingerprint density at radius 3 is 2.43 bits per heavy atom. The van der Waals surface area contributed by atoms with Gasteiger partial charge in [0.2, 0.25) is 0 Å². The topological polar surface area (TPSA) is 6.48 Å². The van der Waals surface area contributed by atoms with Crippen molar-refractivity contribution < 1.29 is 4.39 Å². The predicted octanol–water partition coefficient (Wildman–Crippen LogP) is 4.52. The molecule has 2 nitrogen and oxygen atoms in total. The van der Waals surface area contributed by atoms with E-state index >= 15 is 0 Å². The lowest BCUT2D eigenvalue weighted by Crippen LogP contribution is -2.46. The van der Waals surface area contributed by atoms with Gasteiger partial charge in [-0.05, 0) is 36.6 Å². The maximum Gasteiger partial charge on any atom is 0.146 e. The lowest BCUT2D eigenvalue weighted by atomic mass is 10.0. The van der Waals surface area contributed by atoms with Crippen LogP contribution in [0.3, 0.4) is 0 Å². The number of hydrogen-bond acceptors (Lipinski definition) is 2. The number of piperazine rings is 1. The number of nitrogens with zero attached hydrogens (tertiary/aromatic N) is 2. The minimum atomic E-state index is -0.148. The van der Waals surface area contributed by atoms with Crippen molar-refractivity contribution in [2.75, 3.05) is 37.6 Å². The molecule has 1 aromatic carbocycles. The van der Waals surface area contributed by atoms with E-state index in [9.17, 15) is 4.39 Å². The Balaban J connectivity index is 2.05. The molecule has 0 bridgehead atoms. The molecule has 0 aliphatic carbocycles. The number of unbranched alkanes of at least 4 members (excludes halogenated alkanes) is 1. The van der Waals surface area contributed by atoms with Gasteiger partial charge in [-0.3, -0.25) is 4.90 Å². The quantitative estimate of drug-likeness (QED) is 0.788. The molecule has 0 aromatic heterocycles. The van der Waals surface area contributed by atoms with Gasteiger partial charge in [-0.2, -0.15) is 0 Å². The van der Waals surface area contributed by atoms with Crippen LogP contribution in [-0.2, 0) is 0 Å². The van der Waals surface area contributed by atoms with Crippen molar-refractivity contribution in [3.8, 4) is 0 Å². The lowest BCUT2D eigenvalue weighted by molar-refractivity contribution is 0.253. The van der Waals surface area contributed by atoms with Crippen molar-refractivity contribution in [3.63, 3.8) is 0 Å². The Morgan fingerprint density at radius 1 is 1.19 bits per heavy atom. The summed E-state index contributed by atoms with van der Waals surface area (Å²) in [4.78, 5) is 4.58. The van der Waals surface area contributed by atoms with Gasteiger partial charge in [0.1, 0.15) is 5.82 Å². The molecule has 0 atom stereocenters. The average Bonchev–Trinajstić information content (AvgIpc) is 2.47. The summed E-state index contributed by atoms with van der Waals surface area (Å²) in [6.07, 6.45) is 2.46. The van der Waals surface area contributed by atoms with Gasteiger partial charge in [-0.1, -0.05) is 38.8 Å². The fourth-order valence-electron chi connectivity index (χ4n) is 2.83. The van der Waals surface area contributed by atoms with Crippen LogP contribution in [0.5, 0.6) is 0 Å². The second kappa shape index (κ2) is 7.46. The van der Waals surface area contributed by atoms with Gasteiger partial charge in [0.15, 0.2) is 0 Å². The molecule has 1 saturated heterocycles. The van der Waals surface area contributed by atoms with Crippen LogP contribution >= 0.6 is 11.6 Å². The number of hydrogen-bond donors (Lipinski definition) is 0. The van der Waals surface area contributed by atoms with Crippen LogP contribution in [0.15, 0.2) is 12.1 Å². The lowest BCUT2D eigenvalue weighted by Gasteiger charge is -2.36. The van der Waals surface area contributed by atoms with Crippen molar-refractivity contribution in [3.05, 3.63) is 28.5 Å². The summed E-state index contributed by atoms with van der Waals surface area (Å²) in [6, 6.07) is 3.40.